The Bertz CT molecular complexity index is 489. The van der Waals surface area contributed by atoms with E-state index in [9.17, 15) is 9.18 Å². The first-order valence-corrected chi connectivity index (χ1v) is 5.92. The highest BCUT2D eigenvalue weighted by molar-refractivity contribution is 5.81. The van der Waals surface area contributed by atoms with Gasteiger partial charge in [0.25, 0.3) is 0 Å². The molecule has 1 aliphatic rings. The summed E-state index contributed by atoms with van der Waals surface area (Å²) >= 11 is 0. The maximum Gasteiger partial charge on any atom is 0.241 e. The van der Waals surface area contributed by atoms with Crippen LogP contribution in [0, 0.1) is 17.1 Å². The number of anilines is 1. The number of carbonyl (C=O) groups excluding carboxylic acids is 1. The number of nitrogens with one attached hydrogen (secondary N) is 1. The predicted molar refractivity (Wildman–Crippen MR) is 65.4 cm³/mol. The van der Waals surface area contributed by atoms with Crippen LogP contribution < -0.4 is 5.32 Å². The highest BCUT2D eigenvalue weighted by atomic mass is 19.1. The van der Waals surface area contributed by atoms with Gasteiger partial charge in [-0.05, 0) is 31.0 Å². The van der Waals surface area contributed by atoms with E-state index in [1.54, 1.807) is 4.90 Å². The molecule has 1 aromatic rings. The largest absolute Gasteiger partial charge is 0.374 e. The molecule has 0 bridgehead atoms. The lowest BCUT2D eigenvalue weighted by Gasteiger charge is -2.16. The van der Waals surface area contributed by atoms with Crippen LogP contribution in [-0.2, 0) is 4.79 Å². The Morgan fingerprint density at radius 2 is 2.17 bits per heavy atom. The van der Waals surface area contributed by atoms with Crippen LogP contribution in [0.15, 0.2) is 18.2 Å². The van der Waals surface area contributed by atoms with Gasteiger partial charge in [-0.25, -0.2) is 4.39 Å². The van der Waals surface area contributed by atoms with Crippen molar-refractivity contribution in [2.45, 2.75) is 12.8 Å². The van der Waals surface area contributed by atoms with Crippen molar-refractivity contribution in [3.05, 3.63) is 29.6 Å². The van der Waals surface area contributed by atoms with Crippen LogP contribution in [0.4, 0.5) is 10.1 Å². The van der Waals surface area contributed by atoms with Gasteiger partial charge in [-0.3, -0.25) is 4.79 Å². The average Bonchev–Trinajstić information content (AvgIpc) is 2.90. The summed E-state index contributed by atoms with van der Waals surface area (Å²) in [4.78, 5) is 13.5. The summed E-state index contributed by atoms with van der Waals surface area (Å²) < 4.78 is 13.5. The van der Waals surface area contributed by atoms with E-state index in [-0.39, 0.29) is 23.7 Å². The number of carbonyl (C=O) groups is 1. The van der Waals surface area contributed by atoms with Gasteiger partial charge in [0, 0.05) is 13.1 Å². The smallest absolute Gasteiger partial charge is 0.241 e. The molecule has 2 rings (SSSR count). The van der Waals surface area contributed by atoms with Crippen LogP contribution in [0.2, 0.25) is 0 Å². The van der Waals surface area contributed by atoms with E-state index in [0.29, 0.717) is 0 Å². The SMILES string of the molecule is N#Cc1ccc(NCC(=O)N2CCCC2)c(F)c1. The van der Waals surface area contributed by atoms with Crippen molar-refractivity contribution in [1.29, 1.82) is 5.26 Å². The number of likely N-dealkylation sites (tertiary alicyclic amines) is 1. The van der Waals surface area contributed by atoms with Crippen molar-refractivity contribution < 1.29 is 9.18 Å². The second-order valence-electron chi connectivity index (χ2n) is 4.25. The molecular weight excluding hydrogens is 233 g/mol. The van der Waals surface area contributed by atoms with Gasteiger partial charge < -0.3 is 10.2 Å². The van der Waals surface area contributed by atoms with Gasteiger partial charge in [-0.15, -0.1) is 0 Å². The predicted octanol–water partition coefficient (Wildman–Crippen LogP) is 1.73. The lowest BCUT2D eigenvalue weighted by Crippen LogP contribution is -2.33. The number of rotatable bonds is 3. The Hall–Kier alpha value is -2.09. The number of amides is 1. The van der Waals surface area contributed by atoms with E-state index < -0.39 is 5.82 Å². The Balaban J connectivity index is 1.94. The van der Waals surface area contributed by atoms with E-state index in [0.717, 1.165) is 32.0 Å². The molecule has 1 aliphatic heterocycles. The van der Waals surface area contributed by atoms with Crippen LogP contribution >= 0.6 is 0 Å². The highest BCUT2D eigenvalue weighted by Gasteiger charge is 2.17. The third-order valence-corrected chi connectivity index (χ3v) is 2.99. The molecule has 0 aromatic heterocycles. The van der Waals surface area contributed by atoms with Crippen LogP contribution in [-0.4, -0.2) is 30.4 Å². The van der Waals surface area contributed by atoms with Crippen LogP contribution in [0.5, 0.6) is 0 Å². The average molecular weight is 247 g/mol. The first-order valence-electron chi connectivity index (χ1n) is 5.92. The quantitative estimate of drug-likeness (QED) is 0.885. The number of nitrogens with zero attached hydrogens (tertiary/aromatic N) is 2. The second-order valence-corrected chi connectivity index (χ2v) is 4.25. The Kier molecular flexibility index (Phi) is 3.78. The molecule has 0 radical (unpaired) electrons. The summed E-state index contributed by atoms with van der Waals surface area (Å²) in [6.07, 6.45) is 2.08. The molecular formula is C13H14FN3O. The minimum Gasteiger partial charge on any atom is -0.374 e. The van der Waals surface area contributed by atoms with Crippen molar-refractivity contribution in [1.82, 2.24) is 4.90 Å². The molecule has 4 nitrogen and oxygen atoms in total. The molecule has 0 saturated carbocycles. The topological polar surface area (TPSA) is 56.1 Å². The minimum absolute atomic E-state index is 0.0174. The Morgan fingerprint density at radius 3 is 2.78 bits per heavy atom. The lowest BCUT2D eigenvalue weighted by atomic mass is 10.2. The first kappa shape index (κ1) is 12.4. The Labute approximate surface area is 105 Å². The van der Waals surface area contributed by atoms with Crippen molar-refractivity contribution in [2.24, 2.45) is 0 Å². The normalized spacial score (nSPS) is 14.3. The monoisotopic (exact) mass is 247 g/mol. The molecule has 1 amide bonds. The maximum atomic E-state index is 13.5. The fraction of sp³-hybridized carbons (Fsp3) is 0.385. The van der Waals surface area contributed by atoms with E-state index in [1.807, 2.05) is 6.07 Å². The molecule has 1 aromatic carbocycles. The second kappa shape index (κ2) is 5.50. The van der Waals surface area contributed by atoms with Gasteiger partial charge in [0.05, 0.1) is 23.9 Å². The summed E-state index contributed by atoms with van der Waals surface area (Å²) in [6, 6.07) is 6.01. The highest BCUT2D eigenvalue weighted by Crippen LogP contribution is 2.15. The lowest BCUT2D eigenvalue weighted by molar-refractivity contribution is -0.128. The van der Waals surface area contributed by atoms with E-state index in [2.05, 4.69) is 5.32 Å². The maximum absolute atomic E-state index is 13.5. The van der Waals surface area contributed by atoms with Crippen molar-refractivity contribution in [2.75, 3.05) is 25.0 Å². The third kappa shape index (κ3) is 2.77. The van der Waals surface area contributed by atoms with Crippen LogP contribution in [0.25, 0.3) is 0 Å². The molecule has 1 fully saturated rings. The molecule has 0 unspecified atom stereocenters. The fourth-order valence-corrected chi connectivity index (χ4v) is 1.98. The molecule has 0 spiro atoms. The zero-order valence-corrected chi connectivity index (χ0v) is 9.95. The molecule has 0 atom stereocenters. The number of hydrogen-bond acceptors (Lipinski definition) is 3. The summed E-state index contributed by atoms with van der Waals surface area (Å²) in [5.41, 5.74) is 0.519. The van der Waals surface area contributed by atoms with Gasteiger partial charge in [0.15, 0.2) is 0 Å². The summed E-state index contributed by atoms with van der Waals surface area (Å²) in [7, 11) is 0. The molecule has 0 aliphatic carbocycles. The summed E-state index contributed by atoms with van der Waals surface area (Å²) in [5, 5.41) is 11.4. The van der Waals surface area contributed by atoms with Crippen LogP contribution in [0.1, 0.15) is 18.4 Å². The number of benzene rings is 1. The molecule has 5 heteroatoms. The zero-order valence-electron chi connectivity index (χ0n) is 9.95. The standard InChI is InChI=1S/C13H14FN3O/c14-11-7-10(8-15)3-4-12(11)16-9-13(18)17-5-1-2-6-17/h3-4,7,16H,1-2,5-6,9H2. The first-order chi connectivity index (χ1) is 8.70. The van der Waals surface area contributed by atoms with Gasteiger partial charge in [0.2, 0.25) is 5.91 Å². The van der Waals surface area contributed by atoms with Gasteiger partial charge >= 0.3 is 0 Å². The van der Waals surface area contributed by atoms with E-state index in [1.165, 1.54) is 12.1 Å². The van der Waals surface area contributed by atoms with Crippen molar-refractivity contribution in [3.8, 4) is 6.07 Å². The van der Waals surface area contributed by atoms with Gasteiger partial charge in [-0.1, -0.05) is 0 Å². The molecule has 18 heavy (non-hydrogen) atoms. The summed E-state index contributed by atoms with van der Waals surface area (Å²) in [6.45, 7) is 1.66. The number of hydrogen-bond donors (Lipinski definition) is 1. The Morgan fingerprint density at radius 1 is 1.44 bits per heavy atom. The third-order valence-electron chi connectivity index (χ3n) is 2.99. The molecule has 1 N–H and O–H groups in total. The molecule has 94 valence electrons. The van der Waals surface area contributed by atoms with Gasteiger partial charge in [-0.2, -0.15) is 5.26 Å². The summed E-state index contributed by atoms with van der Waals surface area (Å²) in [5.74, 6) is -0.528. The zero-order chi connectivity index (χ0) is 13.0. The van der Waals surface area contributed by atoms with Crippen molar-refractivity contribution >= 4 is 11.6 Å². The van der Waals surface area contributed by atoms with Gasteiger partial charge in [0.1, 0.15) is 5.82 Å². The van der Waals surface area contributed by atoms with Crippen molar-refractivity contribution in [3.63, 3.8) is 0 Å². The minimum atomic E-state index is -0.511. The number of nitriles is 1. The molecule has 1 saturated heterocycles. The molecule has 1 heterocycles. The fourth-order valence-electron chi connectivity index (χ4n) is 1.98. The van der Waals surface area contributed by atoms with Crippen LogP contribution in [0.3, 0.4) is 0 Å². The van der Waals surface area contributed by atoms with E-state index >= 15 is 0 Å². The number of halogens is 1. The van der Waals surface area contributed by atoms with E-state index in [4.69, 9.17) is 5.26 Å².